The number of nitrogens with zero attached hydrogens (tertiary/aromatic N) is 2. The Morgan fingerprint density at radius 2 is 1.79 bits per heavy atom. The summed E-state index contributed by atoms with van der Waals surface area (Å²) < 4.78 is 43.1. The van der Waals surface area contributed by atoms with Crippen molar-refractivity contribution < 1.29 is 32.2 Å². The monoisotopic (exact) mass is 545 g/mol. The molecule has 10 nitrogen and oxygen atoms in total. The summed E-state index contributed by atoms with van der Waals surface area (Å²) in [5.74, 6) is 0.761. The Bertz CT molecular complexity index is 1260. The van der Waals surface area contributed by atoms with Crippen molar-refractivity contribution in [1.82, 2.24) is 10.2 Å². The second-order valence-corrected chi connectivity index (χ2v) is 11.5. The van der Waals surface area contributed by atoms with Crippen molar-refractivity contribution in [2.24, 2.45) is 0 Å². The topological polar surface area (TPSA) is 114 Å². The summed E-state index contributed by atoms with van der Waals surface area (Å²) in [5.41, 5.74) is 1.03. The van der Waals surface area contributed by atoms with Gasteiger partial charge >= 0.3 is 0 Å². The first-order valence-corrected chi connectivity index (χ1v) is 14.6. The lowest BCUT2D eigenvalue weighted by molar-refractivity contribution is -0.139. The van der Waals surface area contributed by atoms with Crippen LogP contribution in [0.3, 0.4) is 0 Å². The van der Waals surface area contributed by atoms with Gasteiger partial charge in [-0.15, -0.1) is 0 Å². The molecule has 2 aromatic carbocycles. The Kier molecular flexibility index (Phi) is 8.65. The first-order chi connectivity index (χ1) is 18.2. The van der Waals surface area contributed by atoms with Gasteiger partial charge in [-0.2, -0.15) is 0 Å². The van der Waals surface area contributed by atoms with E-state index in [9.17, 15) is 18.0 Å². The van der Waals surface area contributed by atoms with E-state index in [2.05, 4.69) is 5.32 Å². The molecule has 1 atom stereocenters. The SMILES string of the molecule is COc1cccc(CN(C(=O)CN(c2ccc3c(c2)OCCO3)S(C)(=O)=O)[C@@H](C)C(=O)NC2CCCC2)c1. The Morgan fingerprint density at radius 1 is 1.08 bits per heavy atom. The summed E-state index contributed by atoms with van der Waals surface area (Å²) in [6.45, 7) is 2.03. The van der Waals surface area contributed by atoms with Crippen LogP contribution in [0, 0.1) is 0 Å². The lowest BCUT2D eigenvalue weighted by atomic mass is 10.1. The highest BCUT2D eigenvalue weighted by atomic mass is 32.2. The van der Waals surface area contributed by atoms with Crippen LogP contribution in [0.2, 0.25) is 0 Å². The minimum Gasteiger partial charge on any atom is -0.497 e. The number of hydrogen-bond donors (Lipinski definition) is 1. The number of fused-ring (bicyclic) bond motifs is 1. The number of nitrogens with one attached hydrogen (secondary N) is 1. The molecule has 2 amide bonds. The molecule has 0 saturated heterocycles. The van der Waals surface area contributed by atoms with E-state index in [0.717, 1.165) is 41.8 Å². The van der Waals surface area contributed by atoms with Crippen LogP contribution in [0.5, 0.6) is 17.2 Å². The van der Waals surface area contributed by atoms with Crippen molar-refractivity contribution >= 4 is 27.5 Å². The van der Waals surface area contributed by atoms with Gasteiger partial charge in [0.25, 0.3) is 0 Å². The standard InChI is InChI=1S/C27H35N3O7S/c1-19(27(32)28-21-8-4-5-9-21)29(17-20-7-6-10-23(15-20)35-2)26(31)18-30(38(3,33)34)22-11-12-24-25(16-22)37-14-13-36-24/h6-7,10-12,15-16,19,21H,4-5,8-9,13-14,17-18H2,1-3H3,(H,28,32)/t19-/m0/s1. The first kappa shape index (κ1) is 27.6. The molecule has 0 radical (unpaired) electrons. The van der Waals surface area contributed by atoms with Crippen molar-refractivity contribution in [2.75, 3.05) is 37.4 Å². The van der Waals surface area contributed by atoms with Crippen LogP contribution in [0.25, 0.3) is 0 Å². The molecular weight excluding hydrogens is 510 g/mol. The van der Waals surface area contributed by atoms with E-state index in [0.29, 0.717) is 30.5 Å². The van der Waals surface area contributed by atoms with Crippen molar-refractivity contribution in [1.29, 1.82) is 0 Å². The van der Waals surface area contributed by atoms with Gasteiger partial charge in [0.1, 0.15) is 31.5 Å². The Labute approximate surface area is 223 Å². The average Bonchev–Trinajstić information content (AvgIpc) is 3.42. The molecule has 1 N–H and O–H groups in total. The fraction of sp³-hybridized carbons (Fsp3) is 0.481. The van der Waals surface area contributed by atoms with Crippen LogP contribution in [0.1, 0.15) is 38.2 Å². The van der Waals surface area contributed by atoms with Gasteiger partial charge in [0.15, 0.2) is 11.5 Å². The van der Waals surface area contributed by atoms with Gasteiger partial charge in [0, 0.05) is 18.7 Å². The summed E-state index contributed by atoms with van der Waals surface area (Å²) >= 11 is 0. The van der Waals surface area contributed by atoms with E-state index in [4.69, 9.17) is 14.2 Å². The molecule has 0 unspecified atom stereocenters. The summed E-state index contributed by atoms with van der Waals surface area (Å²) in [4.78, 5) is 28.3. The number of benzene rings is 2. The predicted molar refractivity (Wildman–Crippen MR) is 143 cm³/mol. The number of carbonyl (C=O) groups is 2. The van der Waals surface area contributed by atoms with Crippen LogP contribution >= 0.6 is 0 Å². The normalized spacial score (nSPS) is 16.0. The molecule has 2 aromatic rings. The lowest BCUT2D eigenvalue weighted by Gasteiger charge is -2.32. The zero-order valence-corrected chi connectivity index (χ0v) is 22.8. The molecule has 4 rings (SSSR count). The summed E-state index contributed by atoms with van der Waals surface area (Å²) in [6, 6.07) is 11.2. The molecule has 1 fully saturated rings. The Hall–Kier alpha value is -3.47. The molecule has 0 bridgehead atoms. The van der Waals surface area contributed by atoms with E-state index in [1.54, 1.807) is 50.4 Å². The highest BCUT2D eigenvalue weighted by molar-refractivity contribution is 7.92. The second kappa shape index (κ2) is 11.9. The number of ether oxygens (including phenoxy) is 3. The highest BCUT2D eigenvalue weighted by Gasteiger charge is 2.32. The van der Waals surface area contributed by atoms with Crippen molar-refractivity contribution in [3.8, 4) is 17.2 Å². The Balaban J connectivity index is 1.61. The van der Waals surface area contributed by atoms with Gasteiger partial charge in [0.2, 0.25) is 21.8 Å². The summed E-state index contributed by atoms with van der Waals surface area (Å²) in [7, 11) is -2.30. The minimum absolute atomic E-state index is 0.0870. The van der Waals surface area contributed by atoms with Crippen molar-refractivity contribution in [3.63, 3.8) is 0 Å². The fourth-order valence-electron chi connectivity index (χ4n) is 4.74. The molecule has 2 aliphatic rings. The molecule has 0 spiro atoms. The number of anilines is 1. The van der Waals surface area contributed by atoms with Gasteiger partial charge in [0.05, 0.1) is 19.1 Å². The molecule has 1 aliphatic heterocycles. The quantitative estimate of drug-likeness (QED) is 0.488. The van der Waals surface area contributed by atoms with Crippen LogP contribution in [-0.2, 0) is 26.2 Å². The van der Waals surface area contributed by atoms with E-state index in [-0.39, 0.29) is 24.2 Å². The third-order valence-corrected chi connectivity index (χ3v) is 7.99. The van der Waals surface area contributed by atoms with E-state index in [1.807, 2.05) is 6.07 Å². The largest absolute Gasteiger partial charge is 0.497 e. The molecule has 1 aliphatic carbocycles. The molecule has 1 heterocycles. The van der Waals surface area contributed by atoms with Gasteiger partial charge < -0.3 is 24.4 Å². The smallest absolute Gasteiger partial charge is 0.244 e. The van der Waals surface area contributed by atoms with E-state index < -0.39 is 28.5 Å². The lowest BCUT2D eigenvalue weighted by Crippen LogP contribution is -2.52. The maximum atomic E-state index is 13.8. The molecular formula is C27H35N3O7S. The second-order valence-electron chi connectivity index (χ2n) is 9.64. The van der Waals surface area contributed by atoms with Gasteiger partial charge in [-0.1, -0.05) is 25.0 Å². The molecule has 0 aromatic heterocycles. The highest BCUT2D eigenvalue weighted by Crippen LogP contribution is 2.34. The van der Waals surface area contributed by atoms with E-state index >= 15 is 0 Å². The Morgan fingerprint density at radius 3 is 2.47 bits per heavy atom. The number of sulfonamides is 1. The molecule has 206 valence electrons. The maximum Gasteiger partial charge on any atom is 0.244 e. The van der Waals surface area contributed by atoms with Crippen LogP contribution in [0.15, 0.2) is 42.5 Å². The van der Waals surface area contributed by atoms with Crippen molar-refractivity contribution in [3.05, 3.63) is 48.0 Å². The van der Waals surface area contributed by atoms with Crippen LogP contribution < -0.4 is 23.8 Å². The number of carbonyl (C=O) groups excluding carboxylic acids is 2. The number of rotatable bonds is 10. The first-order valence-electron chi connectivity index (χ1n) is 12.8. The van der Waals surface area contributed by atoms with Gasteiger partial charge in [-0.05, 0) is 49.6 Å². The number of hydrogen-bond acceptors (Lipinski definition) is 7. The molecule has 38 heavy (non-hydrogen) atoms. The van der Waals surface area contributed by atoms with Gasteiger partial charge in [-0.25, -0.2) is 8.42 Å². The summed E-state index contributed by atoms with van der Waals surface area (Å²) in [5, 5.41) is 3.05. The fourth-order valence-corrected chi connectivity index (χ4v) is 5.58. The van der Waals surface area contributed by atoms with Crippen LogP contribution in [0.4, 0.5) is 5.69 Å². The van der Waals surface area contributed by atoms with Crippen LogP contribution in [-0.4, -0.2) is 70.3 Å². The predicted octanol–water partition coefficient (Wildman–Crippen LogP) is 2.71. The maximum absolute atomic E-state index is 13.8. The third kappa shape index (κ3) is 6.69. The number of amides is 2. The zero-order valence-electron chi connectivity index (χ0n) is 22.0. The van der Waals surface area contributed by atoms with E-state index in [1.165, 1.54) is 4.90 Å². The minimum atomic E-state index is -3.85. The summed E-state index contributed by atoms with van der Waals surface area (Å²) in [6.07, 6.45) is 4.98. The average molecular weight is 546 g/mol. The number of methoxy groups -OCH3 is 1. The zero-order chi connectivity index (χ0) is 27.3. The van der Waals surface area contributed by atoms with Crippen molar-refractivity contribution in [2.45, 2.75) is 51.2 Å². The van der Waals surface area contributed by atoms with Gasteiger partial charge in [-0.3, -0.25) is 13.9 Å². The molecule has 11 heteroatoms. The molecule has 1 saturated carbocycles. The third-order valence-electron chi connectivity index (χ3n) is 6.85.